The zero-order valence-electron chi connectivity index (χ0n) is 19.2. The fourth-order valence-electron chi connectivity index (χ4n) is 5.73. The van der Waals surface area contributed by atoms with Crippen molar-refractivity contribution in [2.45, 2.75) is 84.2 Å². The molecule has 0 bridgehead atoms. The molecule has 2 heterocycles. The number of benzene rings is 1. The molecule has 2 N–H and O–H groups in total. The van der Waals surface area contributed by atoms with Crippen LogP contribution in [-0.2, 0) is 11.8 Å². The minimum absolute atomic E-state index is 0.124. The molecule has 0 amide bonds. The van der Waals surface area contributed by atoms with Gasteiger partial charge < -0.3 is 14.8 Å². The SMILES string of the molecule is CCC(Cc1ncc[nH]1)C(C)(C)c1cc(O)c2c(c1)OC(C)(C)C1CC=C(C)C[C@@H]21. The zero-order valence-corrected chi connectivity index (χ0v) is 19.2. The molecule has 0 saturated carbocycles. The third-order valence-electron chi connectivity index (χ3n) is 7.76. The summed E-state index contributed by atoms with van der Waals surface area (Å²) in [7, 11) is 0. The Bertz CT molecular complexity index is 940. The molecule has 2 unspecified atom stereocenters. The van der Waals surface area contributed by atoms with Gasteiger partial charge >= 0.3 is 0 Å². The first kappa shape index (κ1) is 21.0. The smallest absolute Gasteiger partial charge is 0.127 e. The maximum atomic E-state index is 11.2. The van der Waals surface area contributed by atoms with E-state index in [1.807, 2.05) is 18.5 Å². The van der Waals surface area contributed by atoms with E-state index in [-0.39, 0.29) is 11.0 Å². The number of ether oxygens (including phenoxy) is 1. The summed E-state index contributed by atoms with van der Waals surface area (Å²) < 4.78 is 6.55. The van der Waals surface area contributed by atoms with Crippen molar-refractivity contribution < 1.29 is 9.84 Å². The van der Waals surface area contributed by atoms with Crippen LogP contribution < -0.4 is 4.74 Å². The number of aromatic nitrogens is 2. The molecule has 2 aromatic rings. The molecule has 1 aromatic heterocycles. The summed E-state index contributed by atoms with van der Waals surface area (Å²) in [6, 6.07) is 4.20. The maximum Gasteiger partial charge on any atom is 0.127 e. The predicted octanol–water partition coefficient (Wildman–Crippen LogP) is 6.27. The Morgan fingerprint density at radius 1 is 1.33 bits per heavy atom. The van der Waals surface area contributed by atoms with Crippen molar-refractivity contribution in [3.63, 3.8) is 0 Å². The van der Waals surface area contributed by atoms with Crippen LogP contribution in [0.4, 0.5) is 0 Å². The lowest BCUT2D eigenvalue weighted by Crippen LogP contribution is -2.45. The molecule has 0 fully saturated rings. The van der Waals surface area contributed by atoms with Crippen molar-refractivity contribution in [3.8, 4) is 11.5 Å². The van der Waals surface area contributed by atoms with Crippen LogP contribution in [0.2, 0.25) is 0 Å². The molecule has 0 saturated heterocycles. The normalized spacial score (nSPS) is 23.7. The number of aromatic hydroxyl groups is 1. The average Bonchev–Trinajstić information content (AvgIpc) is 3.17. The Kier molecular flexibility index (Phi) is 5.24. The molecular weight excluding hydrogens is 372 g/mol. The van der Waals surface area contributed by atoms with Gasteiger partial charge in [-0.15, -0.1) is 0 Å². The minimum Gasteiger partial charge on any atom is -0.508 e. The van der Waals surface area contributed by atoms with Gasteiger partial charge in [0.2, 0.25) is 0 Å². The molecule has 0 radical (unpaired) electrons. The summed E-state index contributed by atoms with van der Waals surface area (Å²) >= 11 is 0. The summed E-state index contributed by atoms with van der Waals surface area (Å²) in [5.41, 5.74) is 3.18. The van der Waals surface area contributed by atoms with E-state index in [9.17, 15) is 5.11 Å². The number of imidazole rings is 1. The van der Waals surface area contributed by atoms with E-state index in [1.165, 1.54) is 5.57 Å². The van der Waals surface area contributed by atoms with Gasteiger partial charge in [-0.25, -0.2) is 4.98 Å². The maximum absolute atomic E-state index is 11.2. The Hall–Kier alpha value is -2.23. The Morgan fingerprint density at radius 3 is 2.77 bits per heavy atom. The van der Waals surface area contributed by atoms with Gasteiger partial charge in [0.1, 0.15) is 22.9 Å². The van der Waals surface area contributed by atoms with E-state index < -0.39 is 0 Å². The molecule has 4 rings (SSSR count). The fourth-order valence-corrected chi connectivity index (χ4v) is 5.73. The number of nitrogens with one attached hydrogen (secondary N) is 1. The van der Waals surface area contributed by atoms with Gasteiger partial charge in [-0.05, 0) is 62.6 Å². The third-order valence-corrected chi connectivity index (χ3v) is 7.76. The van der Waals surface area contributed by atoms with Crippen molar-refractivity contribution in [3.05, 3.63) is 53.1 Å². The summed E-state index contributed by atoms with van der Waals surface area (Å²) in [6.07, 6.45) is 9.96. The van der Waals surface area contributed by atoms with E-state index in [4.69, 9.17) is 4.74 Å². The average molecular weight is 409 g/mol. The van der Waals surface area contributed by atoms with Crippen LogP contribution in [0.5, 0.6) is 11.5 Å². The van der Waals surface area contributed by atoms with E-state index in [2.05, 4.69) is 63.7 Å². The number of allylic oxidation sites excluding steroid dienone is 2. The van der Waals surface area contributed by atoms with Crippen LogP contribution in [0, 0.1) is 11.8 Å². The topological polar surface area (TPSA) is 58.1 Å². The standard InChI is InChI=1S/C26H36N2O2/c1-7-17(15-23-27-10-11-28-23)25(3,4)18-13-21(29)24-19-12-16(2)8-9-20(19)26(5,6)30-22(24)14-18/h8,10-11,13-14,17,19-20,29H,7,9,12,15H2,1-6H3,(H,27,28)/t17?,19-,20?/m1/s1. The molecule has 30 heavy (non-hydrogen) atoms. The highest BCUT2D eigenvalue weighted by molar-refractivity contribution is 5.54. The van der Waals surface area contributed by atoms with Crippen molar-refractivity contribution in [1.82, 2.24) is 9.97 Å². The summed E-state index contributed by atoms with van der Waals surface area (Å²) in [5.74, 6) is 3.37. The lowest BCUT2D eigenvalue weighted by Gasteiger charge is -2.47. The number of hydrogen-bond acceptors (Lipinski definition) is 3. The minimum atomic E-state index is -0.248. The molecule has 1 aliphatic heterocycles. The molecule has 162 valence electrons. The second-order valence-corrected chi connectivity index (χ2v) is 10.4. The Labute approximate surface area is 180 Å². The number of phenolic OH excluding ortho intramolecular Hbond substituents is 1. The van der Waals surface area contributed by atoms with Gasteiger partial charge in [0.15, 0.2) is 0 Å². The number of hydrogen-bond donors (Lipinski definition) is 2. The van der Waals surface area contributed by atoms with Gasteiger partial charge in [-0.1, -0.05) is 38.8 Å². The number of aromatic amines is 1. The van der Waals surface area contributed by atoms with Crippen LogP contribution >= 0.6 is 0 Å². The highest BCUT2D eigenvalue weighted by atomic mass is 16.5. The van der Waals surface area contributed by atoms with Crippen molar-refractivity contribution in [2.75, 3.05) is 0 Å². The van der Waals surface area contributed by atoms with Crippen LogP contribution in [0.15, 0.2) is 36.2 Å². The van der Waals surface area contributed by atoms with Gasteiger partial charge in [-0.3, -0.25) is 0 Å². The molecule has 1 aliphatic carbocycles. The first-order chi connectivity index (χ1) is 14.1. The number of fused-ring (bicyclic) bond motifs is 3. The van der Waals surface area contributed by atoms with Crippen LogP contribution in [0.25, 0.3) is 0 Å². The van der Waals surface area contributed by atoms with Gasteiger partial charge in [0.25, 0.3) is 0 Å². The number of rotatable bonds is 5. The summed E-state index contributed by atoms with van der Waals surface area (Å²) in [4.78, 5) is 7.68. The van der Waals surface area contributed by atoms with Crippen molar-refractivity contribution in [1.29, 1.82) is 0 Å². The lowest BCUT2D eigenvalue weighted by atomic mass is 9.66. The van der Waals surface area contributed by atoms with Gasteiger partial charge in [-0.2, -0.15) is 0 Å². The molecule has 3 atom stereocenters. The first-order valence-electron chi connectivity index (χ1n) is 11.3. The monoisotopic (exact) mass is 408 g/mol. The van der Waals surface area contributed by atoms with Gasteiger partial charge in [0, 0.05) is 36.2 Å². The second kappa shape index (κ2) is 7.47. The zero-order chi connectivity index (χ0) is 21.7. The van der Waals surface area contributed by atoms with E-state index in [1.54, 1.807) is 0 Å². The van der Waals surface area contributed by atoms with Crippen LogP contribution in [-0.4, -0.2) is 20.7 Å². The Balaban J connectivity index is 1.73. The highest BCUT2D eigenvalue weighted by Gasteiger charge is 2.46. The number of phenols is 1. The largest absolute Gasteiger partial charge is 0.508 e. The van der Waals surface area contributed by atoms with Crippen molar-refractivity contribution >= 4 is 0 Å². The Morgan fingerprint density at radius 2 is 2.10 bits per heavy atom. The van der Waals surface area contributed by atoms with Crippen LogP contribution in [0.1, 0.15) is 83.7 Å². The second-order valence-electron chi connectivity index (χ2n) is 10.4. The lowest BCUT2D eigenvalue weighted by molar-refractivity contribution is 0.00736. The summed E-state index contributed by atoms with van der Waals surface area (Å²) in [6.45, 7) is 13.4. The highest BCUT2D eigenvalue weighted by Crippen LogP contribution is 2.55. The molecule has 2 aliphatic rings. The van der Waals surface area contributed by atoms with Crippen LogP contribution in [0.3, 0.4) is 0 Å². The molecule has 0 spiro atoms. The molecule has 4 nitrogen and oxygen atoms in total. The van der Waals surface area contributed by atoms with E-state index in [0.29, 0.717) is 23.5 Å². The third kappa shape index (κ3) is 3.55. The van der Waals surface area contributed by atoms with E-state index >= 15 is 0 Å². The molecule has 4 heteroatoms. The number of nitrogens with zero attached hydrogens (tertiary/aromatic N) is 1. The summed E-state index contributed by atoms with van der Waals surface area (Å²) in [5, 5.41) is 11.2. The predicted molar refractivity (Wildman–Crippen MR) is 121 cm³/mol. The van der Waals surface area contributed by atoms with Gasteiger partial charge in [0.05, 0.1) is 0 Å². The quantitative estimate of drug-likeness (QED) is 0.573. The van der Waals surface area contributed by atoms with E-state index in [0.717, 1.165) is 48.4 Å². The first-order valence-corrected chi connectivity index (χ1v) is 11.3. The number of H-pyrrole nitrogens is 1. The van der Waals surface area contributed by atoms with Crippen molar-refractivity contribution in [2.24, 2.45) is 11.8 Å². The fraction of sp³-hybridized carbons (Fsp3) is 0.577. The molecule has 1 aromatic carbocycles. The molecular formula is C26H36N2O2.